The molecule has 2 saturated carbocycles. The van der Waals surface area contributed by atoms with Crippen molar-refractivity contribution in [2.45, 2.75) is 70.3 Å². The Morgan fingerprint density at radius 2 is 1.86 bits per heavy atom. The molecule has 2 nitrogen and oxygen atoms in total. The van der Waals surface area contributed by atoms with E-state index in [4.69, 9.17) is 0 Å². The maximum atomic E-state index is 11.1. The third kappa shape index (κ3) is 3.03. The van der Waals surface area contributed by atoms with Crippen molar-refractivity contribution in [2.75, 3.05) is 0 Å². The highest BCUT2D eigenvalue weighted by Crippen LogP contribution is 2.66. The highest BCUT2D eigenvalue weighted by molar-refractivity contribution is 5.43. The van der Waals surface area contributed by atoms with Gasteiger partial charge in [0.2, 0.25) is 0 Å². The molecule has 2 N–H and O–H groups in total. The number of hydrogen-bond donors (Lipinski definition) is 2. The van der Waals surface area contributed by atoms with Crippen molar-refractivity contribution in [2.24, 2.45) is 23.2 Å². The quantitative estimate of drug-likeness (QED) is 0.672. The van der Waals surface area contributed by atoms with Gasteiger partial charge in [0.15, 0.2) is 0 Å². The van der Waals surface area contributed by atoms with E-state index in [0.29, 0.717) is 35.3 Å². The Kier molecular flexibility index (Phi) is 4.74. The largest absolute Gasteiger partial charge is 0.508 e. The normalized spacial score (nSPS) is 38.2. The molecule has 0 saturated heterocycles. The van der Waals surface area contributed by atoms with E-state index in [1.807, 2.05) is 12.1 Å². The van der Waals surface area contributed by atoms with Crippen LogP contribution in [0.15, 0.2) is 48.5 Å². The van der Waals surface area contributed by atoms with Gasteiger partial charge in [0, 0.05) is 0 Å². The van der Waals surface area contributed by atoms with Crippen molar-refractivity contribution in [3.8, 4) is 5.75 Å². The van der Waals surface area contributed by atoms with Crippen LogP contribution in [-0.4, -0.2) is 16.3 Å². The molecule has 5 rings (SSSR count). The van der Waals surface area contributed by atoms with Crippen LogP contribution in [0.3, 0.4) is 0 Å². The van der Waals surface area contributed by atoms with Gasteiger partial charge in [0.05, 0.1) is 6.10 Å². The van der Waals surface area contributed by atoms with Crippen LogP contribution in [0.4, 0.5) is 0 Å². The lowest BCUT2D eigenvalue weighted by atomic mass is 9.50. The molecule has 0 aliphatic heterocycles. The summed E-state index contributed by atoms with van der Waals surface area (Å²) in [5.41, 5.74) is 4.47. The van der Waals surface area contributed by atoms with Crippen molar-refractivity contribution in [3.63, 3.8) is 0 Å². The highest BCUT2D eigenvalue weighted by Gasteiger charge is 2.59. The first-order chi connectivity index (χ1) is 14.0. The van der Waals surface area contributed by atoms with Crippen LogP contribution in [0.1, 0.15) is 74.5 Å². The zero-order valence-corrected chi connectivity index (χ0v) is 17.7. The third-order valence-electron chi connectivity index (χ3n) is 8.62. The van der Waals surface area contributed by atoms with E-state index in [1.165, 1.54) is 29.5 Å². The number of benzene rings is 2. The average molecular weight is 391 g/mol. The lowest BCUT2D eigenvalue weighted by molar-refractivity contribution is 0.0149. The number of aliphatic hydroxyl groups excluding tert-OH is 1. The zero-order chi connectivity index (χ0) is 20.2. The molecular formula is C27H34O2. The first-order valence-corrected chi connectivity index (χ1v) is 11.6. The first-order valence-electron chi connectivity index (χ1n) is 11.6. The van der Waals surface area contributed by atoms with Crippen LogP contribution in [0.5, 0.6) is 5.75 Å². The molecular weight excluding hydrogens is 356 g/mol. The average Bonchev–Trinajstić information content (AvgIpc) is 2.97. The predicted molar refractivity (Wildman–Crippen MR) is 117 cm³/mol. The number of hydrogen-bond acceptors (Lipinski definition) is 2. The van der Waals surface area contributed by atoms with Gasteiger partial charge in [-0.1, -0.05) is 56.7 Å². The van der Waals surface area contributed by atoms with Crippen LogP contribution < -0.4 is 0 Å². The molecule has 0 radical (unpaired) electrons. The van der Waals surface area contributed by atoms with Gasteiger partial charge in [0.25, 0.3) is 0 Å². The van der Waals surface area contributed by atoms with E-state index < -0.39 is 0 Å². The van der Waals surface area contributed by atoms with E-state index in [0.717, 1.165) is 25.7 Å². The van der Waals surface area contributed by atoms with E-state index in [-0.39, 0.29) is 11.5 Å². The molecule has 154 valence electrons. The Labute approximate surface area is 175 Å². The standard InChI is InChI=1S/C27H34O2/c1-3-7-22-24(29)16-27(2)13-12-21-20-11-10-19(28)14-18(20)15-23(25(21)26(22)27)17-8-5-4-6-9-17/h4-6,8-11,14,21-26,28-29H,3,7,12-13,15-16H2,1-2H3/t21-,22-,23+,24-,25+,26+,27-/m1/s1. The Morgan fingerprint density at radius 1 is 1.07 bits per heavy atom. The fraction of sp³-hybridized carbons (Fsp3) is 0.556. The first kappa shape index (κ1) is 19.2. The van der Waals surface area contributed by atoms with Gasteiger partial charge < -0.3 is 10.2 Å². The lowest BCUT2D eigenvalue weighted by Gasteiger charge is -2.54. The van der Waals surface area contributed by atoms with E-state index in [9.17, 15) is 10.2 Å². The fourth-order valence-corrected chi connectivity index (χ4v) is 7.61. The van der Waals surface area contributed by atoms with E-state index in [1.54, 1.807) is 0 Å². The number of rotatable bonds is 3. The predicted octanol–water partition coefficient (Wildman–Crippen LogP) is 6.03. The van der Waals surface area contributed by atoms with Crippen LogP contribution in [0.2, 0.25) is 0 Å². The summed E-state index contributed by atoms with van der Waals surface area (Å²) in [4.78, 5) is 0. The summed E-state index contributed by atoms with van der Waals surface area (Å²) >= 11 is 0. The minimum Gasteiger partial charge on any atom is -0.508 e. The minimum atomic E-state index is -0.152. The monoisotopic (exact) mass is 390 g/mol. The van der Waals surface area contributed by atoms with Gasteiger partial charge in [-0.2, -0.15) is 0 Å². The molecule has 29 heavy (non-hydrogen) atoms. The Balaban J connectivity index is 1.65. The van der Waals surface area contributed by atoms with Crippen LogP contribution in [-0.2, 0) is 6.42 Å². The number of aromatic hydroxyl groups is 1. The van der Waals surface area contributed by atoms with Gasteiger partial charge in [-0.25, -0.2) is 0 Å². The molecule has 2 heteroatoms. The number of fused-ring (bicyclic) bond motifs is 5. The van der Waals surface area contributed by atoms with E-state index in [2.05, 4.69) is 50.2 Å². The molecule has 0 amide bonds. The highest BCUT2D eigenvalue weighted by atomic mass is 16.3. The number of aliphatic hydroxyl groups is 1. The summed E-state index contributed by atoms with van der Waals surface area (Å²) in [6.07, 6.45) is 6.50. The van der Waals surface area contributed by atoms with Gasteiger partial charge in [-0.15, -0.1) is 0 Å². The smallest absolute Gasteiger partial charge is 0.115 e. The van der Waals surface area contributed by atoms with Gasteiger partial charge in [-0.3, -0.25) is 0 Å². The summed E-state index contributed by atoms with van der Waals surface area (Å²) in [7, 11) is 0. The van der Waals surface area contributed by atoms with Gasteiger partial charge in [0.1, 0.15) is 5.75 Å². The molecule has 2 fully saturated rings. The van der Waals surface area contributed by atoms with Crippen molar-refractivity contribution < 1.29 is 10.2 Å². The molecule has 2 aromatic rings. The zero-order valence-electron chi connectivity index (χ0n) is 17.7. The Bertz CT molecular complexity index is 875. The topological polar surface area (TPSA) is 40.5 Å². The summed E-state index contributed by atoms with van der Waals surface area (Å²) in [5.74, 6) is 2.94. The van der Waals surface area contributed by atoms with Crippen LogP contribution >= 0.6 is 0 Å². The fourth-order valence-electron chi connectivity index (χ4n) is 7.61. The molecule has 0 spiro atoms. The molecule has 2 aromatic carbocycles. The molecule has 3 aliphatic rings. The summed E-state index contributed by atoms with van der Waals surface area (Å²) < 4.78 is 0. The molecule has 0 aromatic heterocycles. The van der Waals surface area contributed by atoms with Crippen molar-refractivity contribution in [1.29, 1.82) is 0 Å². The van der Waals surface area contributed by atoms with Crippen LogP contribution in [0.25, 0.3) is 0 Å². The molecule has 3 aliphatic carbocycles. The maximum absolute atomic E-state index is 11.1. The van der Waals surface area contributed by atoms with Crippen molar-refractivity contribution >= 4 is 0 Å². The van der Waals surface area contributed by atoms with Crippen LogP contribution in [0, 0.1) is 23.2 Å². The van der Waals surface area contributed by atoms with Gasteiger partial charge in [-0.05, 0) is 95.9 Å². The summed E-state index contributed by atoms with van der Waals surface area (Å²) in [6, 6.07) is 17.1. The second-order valence-corrected chi connectivity index (χ2v) is 10.2. The van der Waals surface area contributed by atoms with Crippen molar-refractivity contribution in [3.05, 3.63) is 65.2 Å². The SMILES string of the molecule is CCC[C@H]1[C@H]2[C@H]3[C@H](CC[C@]2(C)C[C@H]1O)c1ccc(O)cc1C[C@H]3c1ccccc1. The number of phenolic OH excluding ortho intramolecular Hbond substituents is 1. The Morgan fingerprint density at radius 3 is 2.62 bits per heavy atom. The minimum absolute atomic E-state index is 0.152. The molecule has 7 atom stereocenters. The van der Waals surface area contributed by atoms with Crippen molar-refractivity contribution in [1.82, 2.24) is 0 Å². The van der Waals surface area contributed by atoms with Gasteiger partial charge >= 0.3 is 0 Å². The summed E-state index contributed by atoms with van der Waals surface area (Å²) in [5, 5.41) is 21.2. The second-order valence-electron chi connectivity index (χ2n) is 10.2. The molecule has 0 bridgehead atoms. The molecule has 0 unspecified atom stereocenters. The third-order valence-corrected chi connectivity index (χ3v) is 8.62. The second kappa shape index (κ2) is 7.16. The van der Waals surface area contributed by atoms with E-state index >= 15 is 0 Å². The maximum Gasteiger partial charge on any atom is 0.115 e. The Hall–Kier alpha value is -1.80. The lowest BCUT2D eigenvalue weighted by Crippen LogP contribution is -2.45. The molecule has 0 heterocycles. The number of phenols is 1. The summed E-state index contributed by atoms with van der Waals surface area (Å²) in [6.45, 7) is 4.72.